The molecule has 0 bridgehead atoms. The largest absolute Gasteiger partial charge is 0.481 e. The molecule has 1 aromatic heterocycles. The molecule has 1 rings (SSSR count). The molecule has 122 valence electrons. The number of ether oxygens (including phenoxy) is 3. The minimum Gasteiger partial charge on any atom is -0.481 e. The summed E-state index contributed by atoms with van der Waals surface area (Å²) in [5.41, 5.74) is 2.06. The standard InChI is InChI=1S/C9H13NO.C8H18O2/c1-4-8-5-9(11-3)10-6-7(8)2;1-7(2,9-5)8(3,4)10-6/h5-6H,4H2,1-3H3;1-6H3. The van der Waals surface area contributed by atoms with Crippen molar-refractivity contribution in [2.24, 2.45) is 0 Å². The maximum atomic E-state index is 5.27. The van der Waals surface area contributed by atoms with E-state index in [4.69, 9.17) is 14.2 Å². The lowest BCUT2D eigenvalue weighted by molar-refractivity contribution is -0.147. The average Bonchev–Trinajstić information content (AvgIpc) is 2.48. The van der Waals surface area contributed by atoms with Gasteiger partial charge < -0.3 is 14.2 Å². The number of aromatic nitrogens is 1. The Morgan fingerprint density at radius 1 is 1.00 bits per heavy atom. The number of hydrogen-bond acceptors (Lipinski definition) is 4. The Kier molecular flexibility index (Phi) is 7.90. The van der Waals surface area contributed by atoms with Crippen LogP contribution in [0.15, 0.2) is 12.3 Å². The molecule has 4 nitrogen and oxygen atoms in total. The van der Waals surface area contributed by atoms with Gasteiger partial charge in [0.1, 0.15) is 0 Å². The summed E-state index contributed by atoms with van der Waals surface area (Å²) < 4.78 is 15.5. The van der Waals surface area contributed by atoms with Crippen LogP contribution in [0.25, 0.3) is 0 Å². The molecule has 0 unspecified atom stereocenters. The summed E-state index contributed by atoms with van der Waals surface area (Å²) in [6, 6.07) is 1.98. The monoisotopic (exact) mass is 297 g/mol. The van der Waals surface area contributed by atoms with Gasteiger partial charge in [0, 0.05) is 26.5 Å². The Balaban J connectivity index is 0.000000384. The minimum absolute atomic E-state index is 0.234. The van der Waals surface area contributed by atoms with Gasteiger partial charge in [0.2, 0.25) is 5.88 Å². The average molecular weight is 297 g/mol. The molecule has 0 atom stereocenters. The van der Waals surface area contributed by atoms with E-state index in [1.165, 1.54) is 11.1 Å². The minimum atomic E-state index is -0.234. The zero-order valence-corrected chi connectivity index (χ0v) is 15.0. The summed E-state index contributed by atoms with van der Waals surface area (Å²) >= 11 is 0. The number of methoxy groups -OCH3 is 3. The lowest BCUT2D eigenvalue weighted by Crippen LogP contribution is -2.48. The predicted octanol–water partition coefficient (Wildman–Crippen LogP) is 3.80. The number of pyridine rings is 1. The van der Waals surface area contributed by atoms with E-state index in [0.29, 0.717) is 5.88 Å². The zero-order chi connectivity index (χ0) is 16.7. The first-order chi connectivity index (χ1) is 9.65. The van der Waals surface area contributed by atoms with Gasteiger partial charge in [-0.2, -0.15) is 0 Å². The van der Waals surface area contributed by atoms with Gasteiger partial charge in [0.05, 0.1) is 18.3 Å². The molecular formula is C17H31NO3. The van der Waals surface area contributed by atoms with Crippen molar-refractivity contribution >= 4 is 0 Å². The van der Waals surface area contributed by atoms with Crippen molar-refractivity contribution in [3.8, 4) is 5.88 Å². The first-order valence-corrected chi connectivity index (χ1v) is 7.25. The zero-order valence-electron chi connectivity index (χ0n) is 15.0. The number of rotatable bonds is 5. The lowest BCUT2D eigenvalue weighted by atomic mass is 9.89. The molecular weight excluding hydrogens is 266 g/mol. The summed E-state index contributed by atoms with van der Waals surface area (Å²) in [4.78, 5) is 4.08. The van der Waals surface area contributed by atoms with Crippen LogP contribution in [0, 0.1) is 6.92 Å². The first kappa shape index (κ1) is 19.9. The Bertz CT molecular complexity index is 414. The Labute approximate surface area is 129 Å². The van der Waals surface area contributed by atoms with Crippen LogP contribution in [-0.4, -0.2) is 37.5 Å². The molecule has 0 saturated carbocycles. The fourth-order valence-electron chi connectivity index (χ4n) is 1.53. The van der Waals surface area contributed by atoms with E-state index in [2.05, 4.69) is 18.8 Å². The molecule has 0 aliphatic rings. The molecule has 0 spiro atoms. The summed E-state index contributed by atoms with van der Waals surface area (Å²) in [6.45, 7) is 12.2. The third-order valence-corrected chi connectivity index (χ3v) is 4.25. The van der Waals surface area contributed by atoms with E-state index in [1.54, 1.807) is 21.3 Å². The third kappa shape index (κ3) is 5.64. The summed E-state index contributed by atoms with van der Waals surface area (Å²) in [5, 5.41) is 0. The van der Waals surface area contributed by atoms with E-state index < -0.39 is 0 Å². The van der Waals surface area contributed by atoms with Gasteiger partial charge in [-0.05, 0) is 52.2 Å². The molecule has 4 heteroatoms. The topological polar surface area (TPSA) is 40.6 Å². The normalized spacial score (nSPS) is 11.7. The van der Waals surface area contributed by atoms with Gasteiger partial charge in [-0.25, -0.2) is 4.98 Å². The van der Waals surface area contributed by atoms with E-state index >= 15 is 0 Å². The van der Waals surface area contributed by atoms with Crippen molar-refractivity contribution in [3.05, 3.63) is 23.4 Å². The number of hydrogen-bond donors (Lipinski definition) is 0. The molecule has 1 heterocycles. The van der Waals surface area contributed by atoms with Crippen LogP contribution in [-0.2, 0) is 15.9 Å². The smallest absolute Gasteiger partial charge is 0.213 e. The molecule has 0 aromatic carbocycles. The molecule has 0 N–H and O–H groups in total. The van der Waals surface area contributed by atoms with Crippen molar-refractivity contribution in [1.29, 1.82) is 0 Å². The van der Waals surface area contributed by atoms with Gasteiger partial charge >= 0.3 is 0 Å². The van der Waals surface area contributed by atoms with Crippen LogP contribution in [0.3, 0.4) is 0 Å². The van der Waals surface area contributed by atoms with Gasteiger partial charge in [0.15, 0.2) is 0 Å². The van der Waals surface area contributed by atoms with Crippen molar-refractivity contribution in [2.45, 2.75) is 59.2 Å². The fraction of sp³-hybridized carbons (Fsp3) is 0.706. The Morgan fingerprint density at radius 3 is 1.81 bits per heavy atom. The van der Waals surface area contributed by atoms with Crippen molar-refractivity contribution < 1.29 is 14.2 Å². The van der Waals surface area contributed by atoms with Crippen LogP contribution in [0.5, 0.6) is 5.88 Å². The number of nitrogens with zero attached hydrogens (tertiary/aromatic N) is 1. The highest BCUT2D eigenvalue weighted by Gasteiger charge is 2.36. The van der Waals surface area contributed by atoms with Crippen molar-refractivity contribution in [3.63, 3.8) is 0 Å². The lowest BCUT2D eigenvalue weighted by Gasteiger charge is -2.38. The second-order valence-electron chi connectivity index (χ2n) is 5.94. The molecule has 0 aliphatic carbocycles. The highest BCUT2D eigenvalue weighted by Crippen LogP contribution is 2.27. The van der Waals surface area contributed by atoms with E-state index in [1.807, 2.05) is 40.0 Å². The van der Waals surface area contributed by atoms with Crippen LogP contribution in [0.1, 0.15) is 45.7 Å². The molecule has 0 fully saturated rings. The van der Waals surface area contributed by atoms with Gasteiger partial charge in [-0.1, -0.05) is 6.92 Å². The molecule has 0 aliphatic heterocycles. The van der Waals surface area contributed by atoms with Gasteiger partial charge in [0.25, 0.3) is 0 Å². The van der Waals surface area contributed by atoms with Crippen molar-refractivity contribution in [1.82, 2.24) is 4.98 Å². The predicted molar refractivity (Wildman–Crippen MR) is 87.1 cm³/mol. The van der Waals surface area contributed by atoms with Crippen LogP contribution in [0.4, 0.5) is 0 Å². The quantitative estimate of drug-likeness (QED) is 0.829. The highest BCUT2D eigenvalue weighted by atomic mass is 16.5. The third-order valence-electron chi connectivity index (χ3n) is 4.25. The van der Waals surface area contributed by atoms with E-state index in [0.717, 1.165) is 6.42 Å². The first-order valence-electron chi connectivity index (χ1n) is 7.25. The summed E-state index contributed by atoms with van der Waals surface area (Å²) in [7, 11) is 5.03. The van der Waals surface area contributed by atoms with E-state index in [9.17, 15) is 0 Å². The second kappa shape index (κ2) is 8.35. The van der Waals surface area contributed by atoms with Crippen LogP contribution < -0.4 is 4.74 Å². The molecule has 0 radical (unpaired) electrons. The molecule has 1 aromatic rings. The molecule has 0 amide bonds. The maximum absolute atomic E-state index is 5.27. The summed E-state index contributed by atoms with van der Waals surface area (Å²) in [6.07, 6.45) is 2.88. The fourth-order valence-corrected chi connectivity index (χ4v) is 1.53. The Hall–Kier alpha value is -1.13. The second-order valence-corrected chi connectivity index (χ2v) is 5.94. The van der Waals surface area contributed by atoms with Crippen LogP contribution in [0.2, 0.25) is 0 Å². The SMILES string of the molecule is CCc1cc(OC)ncc1C.COC(C)(C)C(C)(C)OC. The van der Waals surface area contributed by atoms with Crippen LogP contribution >= 0.6 is 0 Å². The highest BCUT2D eigenvalue weighted by molar-refractivity contribution is 5.27. The van der Waals surface area contributed by atoms with E-state index in [-0.39, 0.29) is 11.2 Å². The van der Waals surface area contributed by atoms with Gasteiger partial charge in [-0.3, -0.25) is 0 Å². The molecule has 21 heavy (non-hydrogen) atoms. The van der Waals surface area contributed by atoms with Crippen molar-refractivity contribution in [2.75, 3.05) is 21.3 Å². The Morgan fingerprint density at radius 2 is 1.48 bits per heavy atom. The maximum Gasteiger partial charge on any atom is 0.213 e. The van der Waals surface area contributed by atoms with Gasteiger partial charge in [-0.15, -0.1) is 0 Å². The summed E-state index contributed by atoms with van der Waals surface area (Å²) in [5.74, 6) is 0.701. The molecule has 0 saturated heterocycles. The number of aryl methyl sites for hydroxylation is 2.